The van der Waals surface area contributed by atoms with Gasteiger partial charge in [0.25, 0.3) is 0 Å². The predicted octanol–water partition coefficient (Wildman–Crippen LogP) is 9.41. The van der Waals surface area contributed by atoms with E-state index < -0.39 is 0 Å². The van der Waals surface area contributed by atoms with Gasteiger partial charge >= 0.3 is 0 Å². The second-order valence-electron chi connectivity index (χ2n) is 10.1. The maximum absolute atomic E-state index is 5.71. The van der Waals surface area contributed by atoms with Crippen molar-refractivity contribution >= 4 is 10.8 Å². The molecule has 0 radical (unpaired) electrons. The zero-order valence-electron chi connectivity index (χ0n) is 21.3. The molecule has 0 N–H and O–H groups in total. The topological polar surface area (TPSA) is 0 Å². The minimum Gasteiger partial charge on any atom is -0.115 e. The summed E-state index contributed by atoms with van der Waals surface area (Å²) in [5.74, 6) is 2.80. The predicted molar refractivity (Wildman–Crippen MR) is 161 cm³/mol. The lowest BCUT2D eigenvalue weighted by Gasteiger charge is -2.30. The maximum Gasteiger partial charge on any atom is 0.0725 e. The van der Waals surface area contributed by atoms with E-state index in [1.165, 1.54) is 60.8 Å². The second-order valence-corrected chi connectivity index (χ2v) is 10.1. The van der Waals surface area contributed by atoms with Gasteiger partial charge in [0.15, 0.2) is 0 Å². The number of aryl methyl sites for hydroxylation is 1. The SMILES string of the molecule is C#Cc1ccc2c(c1)-c1ccccc1C21c2ccccc2-c2ccccc21.Cc1cccc2ccccc12.[HH]. The van der Waals surface area contributed by atoms with Crippen LogP contribution in [0.3, 0.4) is 0 Å². The van der Waals surface area contributed by atoms with E-state index in [1.807, 2.05) is 0 Å². The van der Waals surface area contributed by atoms with Crippen LogP contribution in [0.4, 0.5) is 0 Å². The Morgan fingerprint density at radius 1 is 0.526 bits per heavy atom. The molecule has 0 nitrogen and oxygen atoms in total. The monoisotopic (exact) mass is 484 g/mol. The molecule has 1 spiro atoms. The normalized spacial score (nSPS) is 13.1. The fraction of sp³-hybridized carbons (Fsp3) is 0.0526. The van der Waals surface area contributed by atoms with Crippen LogP contribution in [0.5, 0.6) is 0 Å². The summed E-state index contributed by atoms with van der Waals surface area (Å²) in [5.41, 5.74) is 12.6. The van der Waals surface area contributed by atoms with Crippen LogP contribution in [-0.2, 0) is 5.41 Å². The van der Waals surface area contributed by atoms with Gasteiger partial charge < -0.3 is 0 Å². The van der Waals surface area contributed by atoms with Crippen molar-refractivity contribution in [3.63, 3.8) is 0 Å². The molecule has 0 aliphatic heterocycles. The Morgan fingerprint density at radius 3 is 1.63 bits per heavy atom. The molecule has 6 aromatic rings. The Kier molecular flexibility index (Phi) is 5.07. The molecule has 2 aliphatic rings. The van der Waals surface area contributed by atoms with Crippen molar-refractivity contribution in [3.8, 4) is 34.6 Å². The van der Waals surface area contributed by atoms with E-state index in [9.17, 15) is 0 Å². The molecule has 0 atom stereocenters. The molecule has 0 saturated heterocycles. The summed E-state index contributed by atoms with van der Waals surface area (Å²) >= 11 is 0. The van der Waals surface area contributed by atoms with Crippen LogP contribution in [0.1, 0.15) is 34.8 Å². The quantitative estimate of drug-likeness (QED) is 0.188. The highest BCUT2D eigenvalue weighted by Gasteiger charge is 2.51. The lowest BCUT2D eigenvalue weighted by Crippen LogP contribution is -2.25. The number of hydrogen-bond acceptors (Lipinski definition) is 0. The summed E-state index contributed by atoms with van der Waals surface area (Å²) < 4.78 is 0. The molecule has 0 unspecified atom stereocenters. The summed E-state index contributed by atoms with van der Waals surface area (Å²) in [6, 6.07) is 47.8. The highest BCUT2D eigenvalue weighted by atomic mass is 14.5. The maximum atomic E-state index is 5.71. The Hall–Kier alpha value is -4.86. The first-order chi connectivity index (χ1) is 18.7. The van der Waals surface area contributed by atoms with Gasteiger partial charge in [0, 0.05) is 6.99 Å². The third kappa shape index (κ3) is 3.06. The molecular formula is C38H28. The summed E-state index contributed by atoms with van der Waals surface area (Å²) in [5, 5.41) is 2.68. The lowest BCUT2D eigenvalue weighted by atomic mass is 9.70. The average Bonchev–Trinajstić information content (AvgIpc) is 3.45. The van der Waals surface area contributed by atoms with Crippen LogP contribution in [0.15, 0.2) is 133 Å². The number of benzene rings is 6. The first-order valence-corrected chi connectivity index (χ1v) is 13.1. The standard InChI is InChI=1S/C27H16.C11H10.H2/c1-2-18-15-16-26-22(17-18)21-11-5-8-14-25(21)27(26)23-12-6-3-9-19(23)20-10-4-7-13-24(20)27;1-9-5-4-7-10-6-2-3-8-11(9)10;/h1,3-17H;2-8H,1H3;1H. The van der Waals surface area contributed by atoms with Crippen LogP contribution in [0.2, 0.25) is 0 Å². The molecule has 6 aromatic carbocycles. The molecule has 0 fully saturated rings. The van der Waals surface area contributed by atoms with Gasteiger partial charge in [-0.25, -0.2) is 0 Å². The van der Waals surface area contributed by atoms with E-state index >= 15 is 0 Å². The highest BCUT2D eigenvalue weighted by Crippen LogP contribution is 2.62. The molecule has 2 aliphatic carbocycles. The van der Waals surface area contributed by atoms with Crippen molar-refractivity contribution in [2.24, 2.45) is 0 Å². The second kappa shape index (κ2) is 8.62. The number of hydrogen-bond donors (Lipinski definition) is 0. The average molecular weight is 485 g/mol. The van der Waals surface area contributed by atoms with E-state index in [4.69, 9.17) is 6.42 Å². The van der Waals surface area contributed by atoms with Crippen molar-refractivity contribution in [3.05, 3.63) is 167 Å². The number of fused-ring (bicyclic) bond motifs is 11. The van der Waals surface area contributed by atoms with Gasteiger partial charge in [-0.05, 0) is 79.9 Å². The zero-order chi connectivity index (χ0) is 25.7. The first kappa shape index (κ1) is 22.3. The van der Waals surface area contributed by atoms with E-state index in [-0.39, 0.29) is 6.84 Å². The fourth-order valence-electron chi connectivity index (χ4n) is 6.58. The van der Waals surface area contributed by atoms with Crippen molar-refractivity contribution in [2.45, 2.75) is 12.3 Å². The van der Waals surface area contributed by atoms with Gasteiger partial charge in [0.2, 0.25) is 0 Å². The van der Waals surface area contributed by atoms with Gasteiger partial charge in [-0.3, -0.25) is 0 Å². The van der Waals surface area contributed by atoms with Crippen molar-refractivity contribution in [2.75, 3.05) is 0 Å². The number of rotatable bonds is 0. The molecule has 0 saturated carbocycles. The van der Waals surface area contributed by atoms with Crippen molar-refractivity contribution in [1.29, 1.82) is 0 Å². The molecule has 38 heavy (non-hydrogen) atoms. The zero-order valence-corrected chi connectivity index (χ0v) is 21.3. The lowest BCUT2D eigenvalue weighted by molar-refractivity contribution is 0.793. The molecule has 8 rings (SSSR count). The fourth-order valence-corrected chi connectivity index (χ4v) is 6.58. The Bertz CT molecular complexity index is 1850. The molecule has 0 aromatic heterocycles. The first-order valence-electron chi connectivity index (χ1n) is 13.1. The van der Waals surface area contributed by atoms with Crippen LogP contribution in [-0.4, -0.2) is 0 Å². The van der Waals surface area contributed by atoms with E-state index in [0.717, 1.165) is 5.56 Å². The summed E-state index contributed by atoms with van der Waals surface area (Å²) in [4.78, 5) is 0. The minimum atomic E-state index is -0.258. The molecule has 0 heterocycles. The molecular weight excluding hydrogens is 456 g/mol. The van der Waals surface area contributed by atoms with Crippen LogP contribution >= 0.6 is 0 Å². The van der Waals surface area contributed by atoms with Gasteiger partial charge in [-0.15, -0.1) is 6.42 Å². The highest BCUT2D eigenvalue weighted by molar-refractivity contribution is 5.95. The summed E-state index contributed by atoms with van der Waals surface area (Å²) in [6.07, 6.45) is 5.71. The molecule has 0 bridgehead atoms. The van der Waals surface area contributed by atoms with Crippen LogP contribution in [0, 0.1) is 19.3 Å². The summed E-state index contributed by atoms with van der Waals surface area (Å²) in [6.45, 7) is 2.14. The largest absolute Gasteiger partial charge is 0.115 e. The van der Waals surface area contributed by atoms with Gasteiger partial charge in [-0.1, -0.05) is 127 Å². The smallest absolute Gasteiger partial charge is 0.0725 e. The summed E-state index contributed by atoms with van der Waals surface area (Å²) in [7, 11) is 0. The van der Waals surface area contributed by atoms with Crippen LogP contribution in [0.25, 0.3) is 33.0 Å². The van der Waals surface area contributed by atoms with Gasteiger partial charge in [-0.2, -0.15) is 0 Å². The molecule has 0 heteroatoms. The minimum absolute atomic E-state index is 0. The van der Waals surface area contributed by atoms with Crippen molar-refractivity contribution < 1.29 is 1.43 Å². The van der Waals surface area contributed by atoms with Gasteiger partial charge in [0.1, 0.15) is 0 Å². The number of terminal acetylenes is 1. The third-order valence-corrected chi connectivity index (χ3v) is 8.17. The Labute approximate surface area is 225 Å². The Morgan fingerprint density at radius 2 is 1.03 bits per heavy atom. The van der Waals surface area contributed by atoms with E-state index in [0.29, 0.717) is 0 Å². The third-order valence-electron chi connectivity index (χ3n) is 8.17. The molecule has 0 amide bonds. The molecule has 180 valence electrons. The van der Waals surface area contributed by atoms with Gasteiger partial charge in [0.05, 0.1) is 5.41 Å². The van der Waals surface area contributed by atoms with Crippen molar-refractivity contribution in [1.82, 2.24) is 0 Å². The van der Waals surface area contributed by atoms with E-state index in [1.54, 1.807) is 0 Å². The Balaban J connectivity index is 0.000000195. The van der Waals surface area contributed by atoms with Crippen LogP contribution < -0.4 is 0 Å². The van der Waals surface area contributed by atoms with E-state index in [2.05, 4.69) is 146 Å².